The molecule has 0 aromatic heterocycles. The largest absolute Gasteiger partial charge is 0.506 e. The molecule has 152 valence electrons. The third kappa shape index (κ3) is 3.81. The Morgan fingerprint density at radius 2 is 1.80 bits per heavy atom. The lowest BCUT2D eigenvalue weighted by Gasteiger charge is -2.10. The molecule has 30 heavy (non-hydrogen) atoms. The number of ether oxygens (including phenoxy) is 1. The van der Waals surface area contributed by atoms with Crippen molar-refractivity contribution in [1.82, 2.24) is 0 Å². The van der Waals surface area contributed by atoms with Crippen LogP contribution in [0.5, 0.6) is 5.75 Å². The second kappa shape index (κ2) is 8.28. The highest BCUT2D eigenvalue weighted by molar-refractivity contribution is 6.32. The van der Waals surface area contributed by atoms with Gasteiger partial charge in [0.15, 0.2) is 0 Å². The number of hydrogen-bond acceptors (Lipinski definition) is 3. The van der Waals surface area contributed by atoms with E-state index < -0.39 is 11.6 Å². The van der Waals surface area contributed by atoms with E-state index in [0.717, 1.165) is 16.7 Å². The van der Waals surface area contributed by atoms with Crippen LogP contribution < -0.4 is 0 Å². The number of nitrogens with zero attached hydrogens (tertiary/aromatic N) is 1. The molecular formula is C24H18ClF2NO2. The molecule has 0 saturated carbocycles. The van der Waals surface area contributed by atoms with Crippen LogP contribution in [0.3, 0.4) is 0 Å². The number of aliphatic imine (C=N–C) groups is 1. The summed E-state index contributed by atoms with van der Waals surface area (Å²) < 4.78 is 33.4. The summed E-state index contributed by atoms with van der Waals surface area (Å²) in [6.07, 6.45) is 2.20. The predicted molar refractivity (Wildman–Crippen MR) is 114 cm³/mol. The van der Waals surface area contributed by atoms with Crippen molar-refractivity contribution in [2.24, 2.45) is 4.99 Å². The van der Waals surface area contributed by atoms with Gasteiger partial charge in [0, 0.05) is 0 Å². The molecule has 3 nitrogen and oxygen atoms in total. The van der Waals surface area contributed by atoms with Crippen molar-refractivity contribution in [2.45, 2.75) is 12.5 Å². The Balaban J connectivity index is 1.61. The Morgan fingerprint density at radius 1 is 1.10 bits per heavy atom. The zero-order chi connectivity index (χ0) is 21.3. The van der Waals surface area contributed by atoms with Crippen LogP contribution in [0.4, 0.5) is 8.78 Å². The fraction of sp³-hybridized carbons (Fsp3) is 0.125. The average Bonchev–Trinajstić information content (AvgIpc) is 3.21. The Bertz CT molecular complexity index is 1120. The molecule has 0 aliphatic carbocycles. The fourth-order valence-corrected chi connectivity index (χ4v) is 3.65. The number of benzene rings is 3. The fourth-order valence-electron chi connectivity index (χ4n) is 3.42. The van der Waals surface area contributed by atoms with Gasteiger partial charge in [0.25, 0.3) is 0 Å². The van der Waals surface area contributed by atoms with Crippen LogP contribution in [0.15, 0.2) is 72.2 Å². The SMILES string of the molecule is C=CCc1cc(-c2ccc(C3COC(c4c(F)cccc4F)=N3)cc2)cc(Cl)c1O. The number of phenolic OH excluding ortho intramolecular Hbond substituents is 1. The van der Waals surface area contributed by atoms with E-state index in [9.17, 15) is 13.9 Å². The second-order valence-electron chi connectivity index (χ2n) is 6.94. The standard InChI is InChI=1S/C24H18ClF2NO2/c1-2-4-16-11-17(12-18(25)23(16)29)14-7-9-15(10-8-14)21-13-30-24(28-21)22-19(26)5-3-6-20(22)27/h2-3,5-12,21,29H,1,4,13H2. The lowest BCUT2D eigenvalue weighted by Crippen LogP contribution is -2.07. The van der Waals surface area contributed by atoms with Crippen molar-refractivity contribution in [2.75, 3.05) is 6.61 Å². The van der Waals surface area contributed by atoms with Crippen LogP contribution >= 0.6 is 11.6 Å². The van der Waals surface area contributed by atoms with Gasteiger partial charge >= 0.3 is 0 Å². The molecule has 1 unspecified atom stereocenters. The normalized spacial score (nSPS) is 15.6. The third-order valence-electron chi connectivity index (χ3n) is 4.96. The van der Waals surface area contributed by atoms with Gasteiger partial charge < -0.3 is 9.84 Å². The van der Waals surface area contributed by atoms with Crippen molar-refractivity contribution >= 4 is 17.5 Å². The first-order valence-electron chi connectivity index (χ1n) is 9.35. The summed E-state index contributed by atoms with van der Waals surface area (Å²) in [6, 6.07) is 14.5. The van der Waals surface area contributed by atoms with E-state index in [2.05, 4.69) is 11.6 Å². The number of allylic oxidation sites excluding steroid dienone is 1. The van der Waals surface area contributed by atoms with Gasteiger partial charge in [0.2, 0.25) is 5.90 Å². The van der Waals surface area contributed by atoms with Gasteiger partial charge in [-0.1, -0.05) is 48.0 Å². The van der Waals surface area contributed by atoms with E-state index in [-0.39, 0.29) is 34.9 Å². The smallest absolute Gasteiger partial charge is 0.222 e. The number of aromatic hydroxyl groups is 1. The molecule has 1 aliphatic heterocycles. The minimum absolute atomic E-state index is 0.0286. The lowest BCUT2D eigenvalue weighted by molar-refractivity contribution is 0.317. The van der Waals surface area contributed by atoms with Gasteiger partial charge in [-0.25, -0.2) is 13.8 Å². The van der Waals surface area contributed by atoms with E-state index >= 15 is 0 Å². The van der Waals surface area contributed by atoms with Gasteiger partial charge in [0.05, 0.1) is 5.02 Å². The number of rotatable bonds is 5. The summed E-state index contributed by atoms with van der Waals surface area (Å²) in [4.78, 5) is 4.37. The Kier molecular flexibility index (Phi) is 5.55. The molecule has 1 N–H and O–H groups in total. The van der Waals surface area contributed by atoms with E-state index in [0.29, 0.717) is 12.0 Å². The zero-order valence-corrected chi connectivity index (χ0v) is 16.7. The Labute approximate surface area is 177 Å². The Morgan fingerprint density at radius 3 is 2.47 bits per heavy atom. The minimum atomic E-state index is -0.704. The molecule has 1 atom stereocenters. The lowest BCUT2D eigenvalue weighted by atomic mass is 9.98. The summed E-state index contributed by atoms with van der Waals surface area (Å²) in [6.45, 7) is 3.90. The Hall–Kier alpha value is -3.18. The quantitative estimate of drug-likeness (QED) is 0.492. The molecule has 3 aromatic carbocycles. The van der Waals surface area contributed by atoms with Crippen LogP contribution in [-0.4, -0.2) is 17.6 Å². The summed E-state index contributed by atoms with van der Waals surface area (Å²) in [5, 5.41) is 10.4. The number of hydrogen-bond donors (Lipinski definition) is 1. The summed E-state index contributed by atoms with van der Waals surface area (Å²) in [7, 11) is 0. The van der Waals surface area contributed by atoms with Crippen LogP contribution in [0, 0.1) is 11.6 Å². The first-order chi connectivity index (χ1) is 14.5. The van der Waals surface area contributed by atoms with E-state index in [1.807, 2.05) is 30.3 Å². The van der Waals surface area contributed by atoms with Gasteiger partial charge in [-0.3, -0.25) is 0 Å². The van der Waals surface area contributed by atoms with E-state index in [1.165, 1.54) is 18.2 Å². The maximum Gasteiger partial charge on any atom is 0.222 e. The first kappa shape index (κ1) is 20.1. The van der Waals surface area contributed by atoms with Gasteiger partial charge in [-0.15, -0.1) is 6.58 Å². The van der Waals surface area contributed by atoms with Crippen LogP contribution in [0.2, 0.25) is 5.02 Å². The summed E-state index contributed by atoms with van der Waals surface area (Å²) >= 11 is 6.16. The molecular weight excluding hydrogens is 408 g/mol. The predicted octanol–water partition coefficient (Wildman–Crippen LogP) is 6.24. The molecule has 0 bridgehead atoms. The van der Waals surface area contributed by atoms with Gasteiger partial charge in [-0.05, 0) is 52.9 Å². The minimum Gasteiger partial charge on any atom is -0.506 e. The van der Waals surface area contributed by atoms with Crippen molar-refractivity contribution in [3.63, 3.8) is 0 Å². The first-order valence-corrected chi connectivity index (χ1v) is 9.73. The molecule has 4 rings (SSSR count). The summed E-state index contributed by atoms with van der Waals surface area (Å²) in [5.74, 6) is -1.38. The van der Waals surface area contributed by atoms with E-state index in [4.69, 9.17) is 16.3 Å². The molecule has 0 radical (unpaired) electrons. The molecule has 0 saturated heterocycles. The van der Waals surface area contributed by atoms with Gasteiger partial charge in [0.1, 0.15) is 35.6 Å². The molecule has 1 heterocycles. The highest BCUT2D eigenvalue weighted by Crippen LogP contribution is 2.35. The van der Waals surface area contributed by atoms with E-state index in [1.54, 1.807) is 12.1 Å². The molecule has 0 fully saturated rings. The molecule has 1 aliphatic rings. The third-order valence-corrected chi connectivity index (χ3v) is 5.25. The van der Waals surface area contributed by atoms with Gasteiger partial charge in [-0.2, -0.15) is 0 Å². The van der Waals surface area contributed by atoms with Crippen molar-refractivity contribution in [3.05, 3.63) is 101 Å². The maximum absolute atomic E-state index is 14.0. The highest BCUT2D eigenvalue weighted by atomic mass is 35.5. The second-order valence-corrected chi connectivity index (χ2v) is 7.35. The average molecular weight is 426 g/mol. The number of halogens is 3. The molecule has 6 heteroatoms. The van der Waals surface area contributed by atoms with Crippen LogP contribution in [-0.2, 0) is 11.2 Å². The van der Waals surface area contributed by atoms with Crippen molar-refractivity contribution < 1.29 is 18.6 Å². The maximum atomic E-state index is 14.0. The summed E-state index contributed by atoms with van der Waals surface area (Å²) in [5.41, 5.74) is 3.09. The van der Waals surface area contributed by atoms with Crippen molar-refractivity contribution in [1.29, 1.82) is 0 Å². The molecule has 0 spiro atoms. The highest BCUT2D eigenvalue weighted by Gasteiger charge is 2.26. The van der Waals surface area contributed by atoms with Crippen molar-refractivity contribution in [3.8, 4) is 16.9 Å². The monoisotopic (exact) mass is 425 g/mol. The molecule has 3 aromatic rings. The zero-order valence-electron chi connectivity index (χ0n) is 15.9. The topological polar surface area (TPSA) is 41.8 Å². The molecule has 0 amide bonds. The number of phenols is 1. The van der Waals surface area contributed by atoms with Crippen LogP contribution in [0.25, 0.3) is 11.1 Å². The van der Waals surface area contributed by atoms with Crippen LogP contribution in [0.1, 0.15) is 22.7 Å².